The predicted molar refractivity (Wildman–Crippen MR) is 117 cm³/mol. The molecule has 7 heteroatoms. The van der Waals surface area contributed by atoms with E-state index in [4.69, 9.17) is 4.74 Å². The highest BCUT2D eigenvalue weighted by Gasteiger charge is 2.30. The summed E-state index contributed by atoms with van der Waals surface area (Å²) in [5.74, 6) is 0.441. The molecule has 1 heterocycles. The van der Waals surface area contributed by atoms with E-state index in [2.05, 4.69) is 5.32 Å². The molecule has 0 spiro atoms. The van der Waals surface area contributed by atoms with Gasteiger partial charge in [-0.25, -0.2) is 8.42 Å². The van der Waals surface area contributed by atoms with Crippen LogP contribution >= 0.6 is 0 Å². The van der Waals surface area contributed by atoms with Gasteiger partial charge in [0.25, 0.3) is 5.91 Å². The zero-order valence-corrected chi connectivity index (χ0v) is 18.2. The summed E-state index contributed by atoms with van der Waals surface area (Å²) in [6.07, 6.45) is 0.795. The molecule has 0 fully saturated rings. The fourth-order valence-electron chi connectivity index (χ4n) is 3.34. The van der Waals surface area contributed by atoms with Crippen LogP contribution in [0.25, 0.3) is 0 Å². The van der Waals surface area contributed by atoms with Crippen molar-refractivity contribution in [3.63, 3.8) is 0 Å². The highest BCUT2D eigenvalue weighted by Crippen LogP contribution is 2.35. The smallest absolute Gasteiger partial charge is 0.263 e. The molecule has 0 saturated carbocycles. The maximum absolute atomic E-state index is 13.4. The van der Waals surface area contributed by atoms with Crippen LogP contribution in [0.15, 0.2) is 70.5 Å². The van der Waals surface area contributed by atoms with Crippen molar-refractivity contribution in [2.45, 2.75) is 43.5 Å². The summed E-state index contributed by atoms with van der Waals surface area (Å²) < 4.78 is 34.2. The van der Waals surface area contributed by atoms with E-state index in [9.17, 15) is 13.2 Å². The van der Waals surface area contributed by atoms with Crippen LogP contribution in [0.5, 0.6) is 5.75 Å². The third-order valence-electron chi connectivity index (χ3n) is 4.91. The highest BCUT2D eigenvalue weighted by atomic mass is 32.2. The molecular formula is C23H26N2O4S. The van der Waals surface area contributed by atoms with Crippen LogP contribution < -0.4 is 10.1 Å². The molecule has 3 rings (SSSR count). The zero-order valence-electron chi connectivity index (χ0n) is 17.4. The summed E-state index contributed by atoms with van der Waals surface area (Å²) in [7, 11) is -3.81. The third-order valence-corrected chi connectivity index (χ3v) is 6.84. The van der Waals surface area contributed by atoms with Crippen molar-refractivity contribution in [1.29, 1.82) is 0 Å². The number of carbonyl (C=O) groups excluding carboxylic acids is 1. The second kappa shape index (κ2) is 9.17. The summed E-state index contributed by atoms with van der Waals surface area (Å²) >= 11 is 0. The fourth-order valence-corrected chi connectivity index (χ4v) is 5.06. The number of nitrogens with zero attached hydrogens (tertiary/aromatic N) is 1. The molecule has 0 aliphatic rings. The summed E-state index contributed by atoms with van der Waals surface area (Å²) in [4.78, 5) is 13.0. The van der Waals surface area contributed by atoms with Crippen LogP contribution in [0.4, 0.5) is 5.82 Å². The van der Waals surface area contributed by atoms with Gasteiger partial charge in [0.15, 0.2) is 6.61 Å². The molecule has 0 aliphatic carbocycles. The van der Waals surface area contributed by atoms with Crippen LogP contribution in [0, 0.1) is 13.8 Å². The number of rotatable bonds is 8. The van der Waals surface area contributed by atoms with Crippen LogP contribution in [0.1, 0.15) is 24.6 Å². The number of hydrogen-bond donors (Lipinski definition) is 1. The van der Waals surface area contributed by atoms with E-state index in [1.807, 2.05) is 36.6 Å². The quantitative estimate of drug-likeness (QED) is 0.580. The number of aromatic nitrogens is 1. The highest BCUT2D eigenvalue weighted by molar-refractivity contribution is 7.91. The van der Waals surface area contributed by atoms with Gasteiger partial charge in [0, 0.05) is 12.2 Å². The minimum atomic E-state index is -3.81. The molecule has 2 aromatic carbocycles. The molecule has 1 amide bonds. The monoisotopic (exact) mass is 426 g/mol. The molecule has 0 radical (unpaired) electrons. The van der Waals surface area contributed by atoms with E-state index in [-0.39, 0.29) is 22.2 Å². The second-order valence-electron chi connectivity index (χ2n) is 7.01. The van der Waals surface area contributed by atoms with Crippen molar-refractivity contribution >= 4 is 21.6 Å². The number of hydrogen-bond acceptors (Lipinski definition) is 4. The first-order valence-electron chi connectivity index (χ1n) is 9.83. The van der Waals surface area contributed by atoms with Crippen molar-refractivity contribution < 1.29 is 17.9 Å². The Morgan fingerprint density at radius 1 is 1.00 bits per heavy atom. The topological polar surface area (TPSA) is 77.4 Å². The average molecular weight is 427 g/mol. The Bertz CT molecular complexity index is 1120. The number of sulfone groups is 1. The van der Waals surface area contributed by atoms with E-state index in [0.717, 1.165) is 12.1 Å². The number of amides is 1. The van der Waals surface area contributed by atoms with Crippen LogP contribution in [0.3, 0.4) is 0 Å². The second-order valence-corrected chi connectivity index (χ2v) is 8.89. The van der Waals surface area contributed by atoms with Crippen LogP contribution in [-0.4, -0.2) is 25.5 Å². The van der Waals surface area contributed by atoms with E-state index in [0.29, 0.717) is 17.9 Å². The Balaban J connectivity index is 1.98. The Morgan fingerprint density at radius 2 is 1.60 bits per heavy atom. The van der Waals surface area contributed by atoms with Gasteiger partial charge < -0.3 is 14.6 Å². The fraction of sp³-hybridized carbons (Fsp3) is 0.261. The zero-order chi connectivity index (χ0) is 21.7. The first kappa shape index (κ1) is 21.6. The van der Waals surface area contributed by atoms with E-state index in [1.165, 1.54) is 0 Å². The molecule has 3 aromatic rings. The van der Waals surface area contributed by atoms with Crippen molar-refractivity contribution in [1.82, 2.24) is 4.57 Å². The predicted octanol–water partition coefficient (Wildman–Crippen LogP) is 4.37. The van der Waals surface area contributed by atoms with Crippen molar-refractivity contribution in [2.75, 3.05) is 11.9 Å². The van der Waals surface area contributed by atoms with Gasteiger partial charge in [-0.1, -0.05) is 43.3 Å². The van der Waals surface area contributed by atoms with Crippen molar-refractivity contribution in [3.8, 4) is 5.75 Å². The number of nitrogens with one attached hydrogen (secondary N) is 1. The average Bonchev–Trinajstić information content (AvgIpc) is 2.98. The van der Waals surface area contributed by atoms with Gasteiger partial charge >= 0.3 is 0 Å². The Labute approximate surface area is 177 Å². The third kappa shape index (κ3) is 4.41. The van der Waals surface area contributed by atoms with Crippen molar-refractivity contribution in [3.05, 3.63) is 71.9 Å². The van der Waals surface area contributed by atoms with Gasteiger partial charge in [-0.15, -0.1) is 0 Å². The van der Waals surface area contributed by atoms with Crippen LogP contribution in [0.2, 0.25) is 0 Å². The lowest BCUT2D eigenvalue weighted by molar-refractivity contribution is -0.118. The van der Waals surface area contributed by atoms with Gasteiger partial charge in [-0.05, 0) is 50.1 Å². The number of carbonyl (C=O) groups is 1. The summed E-state index contributed by atoms with van der Waals surface area (Å²) in [6, 6.07) is 17.3. The Hall–Kier alpha value is -3.06. The SMILES string of the molecule is CCCn1c(C)c(C)c(S(=O)(=O)c2ccccc2)c1NC(=O)COc1ccccc1. The summed E-state index contributed by atoms with van der Waals surface area (Å²) in [6.45, 7) is 6.01. The molecule has 0 aliphatic heterocycles. The molecule has 0 bridgehead atoms. The minimum absolute atomic E-state index is 0.132. The van der Waals surface area contributed by atoms with Gasteiger partial charge in [0.1, 0.15) is 16.5 Å². The lowest BCUT2D eigenvalue weighted by atomic mass is 10.3. The van der Waals surface area contributed by atoms with Crippen LogP contribution in [-0.2, 0) is 21.2 Å². The number of anilines is 1. The molecular weight excluding hydrogens is 400 g/mol. The minimum Gasteiger partial charge on any atom is -0.484 e. The molecule has 0 unspecified atom stereocenters. The molecule has 1 aromatic heterocycles. The van der Waals surface area contributed by atoms with Gasteiger partial charge in [0.2, 0.25) is 9.84 Å². The first-order valence-corrected chi connectivity index (χ1v) is 11.3. The normalized spacial score (nSPS) is 11.3. The lowest BCUT2D eigenvalue weighted by Gasteiger charge is -2.14. The van der Waals surface area contributed by atoms with E-state index in [1.54, 1.807) is 49.4 Å². The van der Waals surface area contributed by atoms with Gasteiger partial charge in [-0.3, -0.25) is 4.79 Å². The molecule has 30 heavy (non-hydrogen) atoms. The Kier molecular flexibility index (Phi) is 6.62. The molecule has 0 atom stereocenters. The molecule has 6 nitrogen and oxygen atoms in total. The molecule has 1 N–H and O–H groups in total. The van der Waals surface area contributed by atoms with Gasteiger partial charge in [0.05, 0.1) is 4.90 Å². The lowest BCUT2D eigenvalue weighted by Crippen LogP contribution is -2.23. The number of ether oxygens (including phenoxy) is 1. The maximum atomic E-state index is 13.4. The largest absolute Gasteiger partial charge is 0.484 e. The maximum Gasteiger partial charge on any atom is 0.263 e. The number of benzene rings is 2. The van der Waals surface area contributed by atoms with E-state index < -0.39 is 15.7 Å². The van der Waals surface area contributed by atoms with Crippen molar-refractivity contribution in [2.24, 2.45) is 0 Å². The van der Waals surface area contributed by atoms with E-state index >= 15 is 0 Å². The molecule has 0 saturated heterocycles. The first-order chi connectivity index (χ1) is 14.4. The summed E-state index contributed by atoms with van der Waals surface area (Å²) in [5, 5.41) is 2.79. The number of para-hydroxylation sites is 1. The summed E-state index contributed by atoms with van der Waals surface area (Å²) in [5.41, 5.74) is 1.44. The van der Waals surface area contributed by atoms with Gasteiger partial charge in [-0.2, -0.15) is 0 Å². The Morgan fingerprint density at radius 3 is 2.20 bits per heavy atom. The standard InChI is InChI=1S/C23H26N2O4S/c1-4-15-25-18(3)17(2)22(30(27,28)20-13-9-6-10-14-20)23(25)24-21(26)16-29-19-11-7-5-8-12-19/h5-14H,4,15-16H2,1-3H3,(H,24,26). The molecule has 158 valence electrons.